The minimum Gasteiger partial charge on any atom is -0.459 e. The van der Waals surface area contributed by atoms with Crippen LogP contribution in [0.2, 0.25) is 0 Å². The molecule has 4 amide bonds. The van der Waals surface area contributed by atoms with Crippen LogP contribution in [0, 0.1) is 11.3 Å². The summed E-state index contributed by atoms with van der Waals surface area (Å²) in [5.74, 6) is -2.19. The highest BCUT2D eigenvalue weighted by molar-refractivity contribution is 7.90. The van der Waals surface area contributed by atoms with Crippen molar-refractivity contribution in [3.63, 3.8) is 0 Å². The molecule has 5 atom stereocenters. The first-order chi connectivity index (χ1) is 29.9. The SMILES string of the molecule is CC[C@@H]1C[C@@]12NC(=O)[C@@H]1C[C@H](CN1C(=O)[C@@H](NC(=O)OC(C)(C)C)C(C)(C)C)Oc1nc3c(cccc3n1C(C)C)-c1nc(C(C)C)c(s1)CCCCCCCCCS(=O)(=O)NC2=O. The number of aryl methyl sites for hydroxylation is 1. The van der Waals surface area contributed by atoms with Crippen molar-refractivity contribution in [3.8, 4) is 16.6 Å². The number of nitrogens with one attached hydrogen (secondary N) is 3. The van der Waals surface area contributed by atoms with E-state index in [1.165, 1.54) is 9.78 Å². The Labute approximate surface area is 383 Å². The van der Waals surface area contributed by atoms with E-state index in [4.69, 9.17) is 19.4 Å². The molecule has 0 radical (unpaired) electrons. The summed E-state index contributed by atoms with van der Waals surface area (Å²) in [7, 11) is -3.99. The van der Waals surface area contributed by atoms with Crippen molar-refractivity contribution in [1.82, 2.24) is 34.8 Å². The highest BCUT2D eigenvalue weighted by atomic mass is 32.2. The van der Waals surface area contributed by atoms with Crippen molar-refractivity contribution in [2.75, 3.05) is 12.3 Å². The Kier molecular flexibility index (Phi) is 14.8. The van der Waals surface area contributed by atoms with Gasteiger partial charge in [0.05, 0.1) is 23.5 Å². The van der Waals surface area contributed by atoms with Crippen molar-refractivity contribution in [1.29, 1.82) is 0 Å². The minimum absolute atomic E-state index is 0.0357. The molecule has 0 unspecified atom stereocenters. The molecule has 354 valence electrons. The smallest absolute Gasteiger partial charge is 0.408 e. The van der Waals surface area contributed by atoms with E-state index in [2.05, 4.69) is 29.2 Å². The second-order valence-electron chi connectivity index (χ2n) is 20.7. The summed E-state index contributed by atoms with van der Waals surface area (Å²) in [5, 5.41) is 6.60. The van der Waals surface area contributed by atoms with Crippen LogP contribution in [0.5, 0.6) is 6.01 Å². The summed E-state index contributed by atoms with van der Waals surface area (Å²) in [5.41, 5.74) is 0.473. The molecular weight excluding hydrogens is 855 g/mol. The molecule has 3 aromatic rings. The highest BCUT2D eigenvalue weighted by Crippen LogP contribution is 2.47. The number of fused-ring (bicyclic) bond motifs is 6. The third-order valence-electron chi connectivity index (χ3n) is 12.5. The van der Waals surface area contributed by atoms with Gasteiger partial charge >= 0.3 is 6.09 Å². The molecule has 1 aromatic carbocycles. The number of imidazole rings is 1. The van der Waals surface area contributed by atoms with Gasteiger partial charge in [-0.1, -0.05) is 86.1 Å². The third kappa shape index (κ3) is 11.2. The second-order valence-corrected chi connectivity index (χ2v) is 23.6. The molecule has 3 N–H and O–H groups in total. The lowest BCUT2D eigenvalue weighted by Gasteiger charge is -2.36. The van der Waals surface area contributed by atoms with Gasteiger partial charge in [0.25, 0.3) is 11.9 Å². The predicted octanol–water partition coefficient (Wildman–Crippen LogP) is 8.17. The van der Waals surface area contributed by atoms with Crippen LogP contribution in [0.25, 0.3) is 21.6 Å². The monoisotopic (exact) mass is 925 g/mol. The number of hydrogen-bond donors (Lipinski definition) is 3. The number of amides is 4. The van der Waals surface area contributed by atoms with E-state index in [0.29, 0.717) is 18.9 Å². The lowest BCUT2D eigenvalue weighted by molar-refractivity contribution is -0.143. The fraction of sp³-hybridized carbons (Fsp3) is 0.702. The third-order valence-corrected chi connectivity index (χ3v) is 15.0. The molecule has 4 heterocycles. The number of hydrogen-bond acceptors (Lipinski definition) is 11. The summed E-state index contributed by atoms with van der Waals surface area (Å²) in [6.07, 6.45) is 6.36. The van der Waals surface area contributed by atoms with Gasteiger partial charge < -0.3 is 25.0 Å². The van der Waals surface area contributed by atoms with Crippen LogP contribution in [0.3, 0.4) is 0 Å². The summed E-state index contributed by atoms with van der Waals surface area (Å²) < 4.78 is 43.2. The quantitative estimate of drug-likeness (QED) is 0.225. The van der Waals surface area contributed by atoms with E-state index in [9.17, 15) is 27.6 Å². The topological polar surface area (TPSA) is 191 Å². The van der Waals surface area contributed by atoms with Crippen LogP contribution >= 0.6 is 11.3 Å². The number of sulfonamides is 1. The molecule has 2 aliphatic heterocycles. The Hall–Kier alpha value is -4.25. The van der Waals surface area contributed by atoms with E-state index in [-0.39, 0.29) is 43.0 Å². The molecule has 6 rings (SSSR count). The number of carbonyl (C=O) groups is 4. The van der Waals surface area contributed by atoms with E-state index in [1.54, 1.807) is 32.1 Å². The Morgan fingerprint density at radius 1 is 1.00 bits per heavy atom. The predicted molar refractivity (Wildman–Crippen MR) is 250 cm³/mol. The average Bonchev–Trinajstić information content (AvgIpc) is 3.47. The molecule has 6 bridgehead atoms. The molecule has 64 heavy (non-hydrogen) atoms. The van der Waals surface area contributed by atoms with Crippen LogP contribution in [-0.4, -0.2) is 93.3 Å². The highest BCUT2D eigenvalue weighted by Gasteiger charge is 2.62. The number of carbonyl (C=O) groups excluding carboxylic acids is 4. The van der Waals surface area contributed by atoms with Crippen LogP contribution < -0.4 is 20.1 Å². The van der Waals surface area contributed by atoms with E-state index in [1.807, 2.05) is 64.3 Å². The van der Waals surface area contributed by atoms with Gasteiger partial charge in [-0.3, -0.25) is 23.7 Å². The number of nitrogens with zero attached hydrogens (tertiary/aromatic N) is 4. The molecule has 2 aromatic heterocycles. The number of rotatable bonds is 5. The van der Waals surface area contributed by atoms with Gasteiger partial charge in [0.2, 0.25) is 21.8 Å². The first-order valence-corrected chi connectivity index (χ1v) is 25.8. The Balaban J connectivity index is 1.41. The Morgan fingerprint density at radius 2 is 1.67 bits per heavy atom. The zero-order chi connectivity index (χ0) is 46.9. The van der Waals surface area contributed by atoms with E-state index >= 15 is 0 Å². The maximum absolute atomic E-state index is 14.9. The summed E-state index contributed by atoms with van der Waals surface area (Å²) in [6, 6.07) is 4.05. The minimum atomic E-state index is -3.99. The molecule has 15 nitrogen and oxygen atoms in total. The van der Waals surface area contributed by atoms with Crippen LogP contribution in [-0.2, 0) is 35.6 Å². The maximum atomic E-state index is 14.9. The zero-order valence-corrected chi connectivity index (χ0v) is 41.4. The number of alkyl carbamates (subject to hydrolysis) is 1. The molecule has 1 saturated heterocycles. The Morgan fingerprint density at radius 3 is 2.28 bits per heavy atom. The van der Waals surface area contributed by atoms with Gasteiger partial charge in [-0.15, -0.1) is 11.3 Å². The average molecular weight is 926 g/mol. The molecule has 1 aliphatic carbocycles. The standard InChI is InChI=1S/C47H71N7O8S2/c1-12-30-26-47(30)42(57)52-64(59,60)24-19-17-15-13-14-16-18-23-35-36(28(2)3)48-40(63-35)32-21-20-22-33-37(32)49-43(54(33)29(4)5)61-31-25-34(39(55)51-47)53(27-31)41(56)38(45(6,7)8)50-44(58)62-46(9,10)11/h20-22,28-31,34,38H,12-19,23-27H2,1-11H3,(H,50,58)(H,51,55)(H,52,57)/t30-,31-,34+,38-,47-/m1/s1. The molecule has 1 spiro atoms. The number of para-hydroxylation sites is 1. The van der Waals surface area contributed by atoms with Crippen molar-refractivity contribution in [2.24, 2.45) is 11.3 Å². The lowest BCUT2D eigenvalue weighted by Crippen LogP contribution is -2.60. The lowest BCUT2D eigenvalue weighted by atomic mass is 9.85. The molecule has 3 aliphatic rings. The van der Waals surface area contributed by atoms with Crippen molar-refractivity contribution in [3.05, 3.63) is 28.8 Å². The fourth-order valence-corrected chi connectivity index (χ4v) is 11.5. The number of thiazole rings is 1. The maximum Gasteiger partial charge on any atom is 0.408 e. The van der Waals surface area contributed by atoms with Crippen molar-refractivity contribution < 1.29 is 37.1 Å². The van der Waals surface area contributed by atoms with Crippen LogP contribution in [0.15, 0.2) is 18.2 Å². The van der Waals surface area contributed by atoms with Gasteiger partial charge in [0.1, 0.15) is 39.9 Å². The number of ether oxygens (including phenoxy) is 2. The number of aromatic nitrogens is 3. The largest absolute Gasteiger partial charge is 0.459 e. The zero-order valence-electron chi connectivity index (χ0n) is 39.8. The van der Waals surface area contributed by atoms with Gasteiger partial charge in [-0.2, -0.15) is 4.98 Å². The summed E-state index contributed by atoms with van der Waals surface area (Å²) in [4.78, 5) is 69.7. The van der Waals surface area contributed by atoms with E-state index in [0.717, 1.165) is 72.2 Å². The molecular formula is C47H71N7O8S2. The summed E-state index contributed by atoms with van der Waals surface area (Å²) in [6.45, 7) is 20.9. The van der Waals surface area contributed by atoms with Gasteiger partial charge in [-0.25, -0.2) is 18.2 Å². The van der Waals surface area contributed by atoms with Gasteiger partial charge in [0.15, 0.2) is 0 Å². The molecule has 2 fully saturated rings. The van der Waals surface area contributed by atoms with E-state index < -0.39 is 68.6 Å². The first-order valence-electron chi connectivity index (χ1n) is 23.3. The number of likely N-dealkylation sites (tertiary alicyclic amines) is 1. The summed E-state index contributed by atoms with van der Waals surface area (Å²) >= 11 is 1.71. The fourth-order valence-electron chi connectivity index (χ4n) is 9.08. The number of benzene rings is 1. The van der Waals surface area contributed by atoms with Crippen LogP contribution in [0.4, 0.5) is 4.79 Å². The first kappa shape index (κ1) is 49.2. The second kappa shape index (κ2) is 19.3. The molecule has 17 heteroatoms. The molecule has 1 saturated carbocycles. The Bertz CT molecular complexity index is 2310. The normalized spacial score (nSPS) is 24.4. The van der Waals surface area contributed by atoms with Gasteiger partial charge in [-0.05, 0) is 89.7 Å². The van der Waals surface area contributed by atoms with Crippen molar-refractivity contribution in [2.45, 2.75) is 188 Å². The van der Waals surface area contributed by atoms with Crippen molar-refractivity contribution >= 4 is 56.2 Å². The van der Waals surface area contributed by atoms with Gasteiger partial charge in [0, 0.05) is 22.9 Å². The van der Waals surface area contributed by atoms with Crippen LogP contribution in [0.1, 0.15) is 163 Å².